The van der Waals surface area contributed by atoms with Gasteiger partial charge in [0.25, 0.3) is 0 Å². The summed E-state index contributed by atoms with van der Waals surface area (Å²) in [6, 6.07) is 1.12. The second-order valence-corrected chi connectivity index (χ2v) is 8.16. The highest BCUT2D eigenvalue weighted by molar-refractivity contribution is 4.98. The second-order valence-electron chi connectivity index (χ2n) is 8.16. The SMILES string of the molecule is CNC1CCC2(CC1N1CCC(C(C)(C)C)C1)OCCO2. The first kappa shape index (κ1) is 15.7. The van der Waals surface area contributed by atoms with Crippen LogP contribution >= 0.6 is 0 Å². The molecule has 0 aromatic carbocycles. The van der Waals surface area contributed by atoms with Crippen LogP contribution in [0, 0.1) is 11.3 Å². The van der Waals surface area contributed by atoms with Crippen molar-refractivity contribution in [2.45, 2.75) is 64.3 Å². The van der Waals surface area contributed by atoms with Crippen molar-refractivity contribution in [2.24, 2.45) is 11.3 Å². The summed E-state index contributed by atoms with van der Waals surface area (Å²) in [7, 11) is 2.10. The molecule has 3 atom stereocenters. The molecule has 3 fully saturated rings. The summed E-state index contributed by atoms with van der Waals surface area (Å²) in [6.07, 6.45) is 4.53. The van der Waals surface area contributed by atoms with Crippen LogP contribution in [0.4, 0.5) is 0 Å². The maximum atomic E-state index is 5.98. The van der Waals surface area contributed by atoms with E-state index in [1.54, 1.807) is 0 Å². The van der Waals surface area contributed by atoms with Crippen molar-refractivity contribution < 1.29 is 9.47 Å². The molecule has 0 amide bonds. The quantitative estimate of drug-likeness (QED) is 0.847. The lowest BCUT2D eigenvalue weighted by Gasteiger charge is -2.45. The Kier molecular flexibility index (Phi) is 4.34. The molecule has 122 valence electrons. The van der Waals surface area contributed by atoms with Crippen LogP contribution in [0.3, 0.4) is 0 Å². The van der Waals surface area contributed by atoms with Gasteiger partial charge in [0.05, 0.1) is 13.2 Å². The molecule has 1 spiro atoms. The van der Waals surface area contributed by atoms with E-state index in [0.717, 1.165) is 38.4 Å². The molecule has 3 aliphatic rings. The van der Waals surface area contributed by atoms with E-state index in [1.165, 1.54) is 19.5 Å². The van der Waals surface area contributed by atoms with Gasteiger partial charge in [-0.2, -0.15) is 0 Å². The number of likely N-dealkylation sites (tertiary alicyclic amines) is 1. The van der Waals surface area contributed by atoms with E-state index in [0.29, 0.717) is 17.5 Å². The Balaban J connectivity index is 1.69. The number of nitrogens with one attached hydrogen (secondary N) is 1. The lowest BCUT2D eigenvalue weighted by atomic mass is 9.80. The highest BCUT2D eigenvalue weighted by Crippen LogP contribution is 2.41. The Morgan fingerprint density at radius 3 is 2.43 bits per heavy atom. The fraction of sp³-hybridized carbons (Fsp3) is 1.00. The van der Waals surface area contributed by atoms with E-state index >= 15 is 0 Å². The molecule has 4 nitrogen and oxygen atoms in total. The zero-order valence-corrected chi connectivity index (χ0v) is 14.2. The summed E-state index contributed by atoms with van der Waals surface area (Å²) < 4.78 is 12.0. The third kappa shape index (κ3) is 3.14. The smallest absolute Gasteiger partial charge is 0.170 e. The maximum absolute atomic E-state index is 5.98. The molecule has 1 N–H and O–H groups in total. The van der Waals surface area contributed by atoms with E-state index in [-0.39, 0.29) is 5.79 Å². The standard InChI is InChI=1S/C17H32N2O2/c1-16(2,3)13-6-8-19(12-13)15-11-17(20-9-10-21-17)7-5-14(15)18-4/h13-15,18H,5-12H2,1-4H3. The van der Waals surface area contributed by atoms with Crippen molar-refractivity contribution in [3.05, 3.63) is 0 Å². The van der Waals surface area contributed by atoms with Gasteiger partial charge in [-0.25, -0.2) is 0 Å². The predicted molar refractivity (Wildman–Crippen MR) is 84.3 cm³/mol. The van der Waals surface area contributed by atoms with Crippen LogP contribution in [0.5, 0.6) is 0 Å². The molecule has 3 rings (SSSR count). The van der Waals surface area contributed by atoms with Crippen LogP contribution in [0.25, 0.3) is 0 Å². The van der Waals surface area contributed by atoms with Crippen molar-refractivity contribution in [3.8, 4) is 0 Å². The normalized spacial score (nSPS) is 37.4. The summed E-state index contributed by atoms with van der Waals surface area (Å²) in [5.41, 5.74) is 0.413. The van der Waals surface area contributed by atoms with E-state index < -0.39 is 0 Å². The molecule has 4 heteroatoms. The predicted octanol–water partition coefficient (Wildman–Crippen LogP) is 2.24. The lowest BCUT2D eigenvalue weighted by Crippen LogP contribution is -2.56. The molecule has 1 aliphatic carbocycles. The van der Waals surface area contributed by atoms with Crippen LogP contribution < -0.4 is 5.32 Å². The van der Waals surface area contributed by atoms with Crippen LogP contribution in [0.2, 0.25) is 0 Å². The molecule has 0 aromatic heterocycles. The minimum absolute atomic E-state index is 0.280. The highest BCUT2D eigenvalue weighted by Gasteiger charge is 2.48. The Labute approximate surface area is 129 Å². The van der Waals surface area contributed by atoms with Gasteiger partial charge < -0.3 is 14.8 Å². The van der Waals surface area contributed by atoms with Gasteiger partial charge in [-0.05, 0) is 37.8 Å². The molecule has 2 heterocycles. The number of hydrogen-bond donors (Lipinski definition) is 1. The minimum atomic E-state index is -0.280. The fourth-order valence-corrected chi connectivity index (χ4v) is 4.41. The van der Waals surface area contributed by atoms with Crippen LogP contribution in [-0.4, -0.2) is 56.1 Å². The number of hydrogen-bond acceptors (Lipinski definition) is 4. The van der Waals surface area contributed by atoms with Crippen LogP contribution in [-0.2, 0) is 9.47 Å². The average molecular weight is 296 g/mol. The van der Waals surface area contributed by atoms with Gasteiger partial charge in [-0.3, -0.25) is 4.90 Å². The van der Waals surface area contributed by atoms with Gasteiger partial charge in [0.2, 0.25) is 0 Å². The van der Waals surface area contributed by atoms with Gasteiger partial charge in [-0.1, -0.05) is 20.8 Å². The van der Waals surface area contributed by atoms with Crippen molar-refractivity contribution in [1.29, 1.82) is 0 Å². The van der Waals surface area contributed by atoms with Crippen molar-refractivity contribution in [1.82, 2.24) is 10.2 Å². The maximum Gasteiger partial charge on any atom is 0.170 e. The average Bonchev–Trinajstić information content (AvgIpc) is 3.07. The molecule has 21 heavy (non-hydrogen) atoms. The van der Waals surface area contributed by atoms with Crippen molar-refractivity contribution >= 4 is 0 Å². The molecule has 2 aliphatic heterocycles. The van der Waals surface area contributed by atoms with E-state index in [4.69, 9.17) is 9.47 Å². The first-order valence-electron chi connectivity index (χ1n) is 8.63. The van der Waals surface area contributed by atoms with E-state index in [9.17, 15) is 0 Å². The van der Waals surface area contributed by atoms with Gasteiger partial charge >= 0.3 is 0 Å². The lowest BCUT2D eigenvalue weighted by molar-refractivity contribution is -0.192. The Hall–Kier alpha value is -0.160. The van der Waals surface area contributed by atoms with Gasteiger partial charge in [-0.15, -0.1) is 0 Å². The third-order valence-electron chi connectivity index (χ3n) is 5.92. The molecule has 2 saturated heterocycles. The highest BCUT2D eigenvalue weighted by atomic mass is 16.7. The number of nitrogens with zero attached hydrogens (tertiary/aromatic N) is 1. The van der Waals surface area contributed by atoms with Gasteiger partial charge in [0.1, 0.15) is 0 Å². The van der Waals surface area contributed by atoms with Crippen LogP contribution in [0.15, 0.2) is 0 Å². The number of ether oxygens (including phenoxy) is 2. The zero-order chi connectivity index (χ0) is 15.1. The Morgan fingerprint density at radius 1 is 1.14 bits per heavy atom. The molecular weight excluding hydrogens is 264 g/mol. The largest absolute Gasteiger partial charge is 0.347 e. The fourth-order valence-electron chi connectivity index (χ4n) is 4.41. The summed E-state index contributed by atoms with van der Waals surface area (Å²) in [5.74, 6) is 0.524. The zero-order valence-electron chi connectivity index (χ0n) is 14.2. The molecule has 1 saturated carbocycles. The first-order chi connectivity index (χ1) is 9.93. The molecule has 0 aromatic rings. The minimum Gasteiger partial charge on any atom is -0.347 e. The van der Waals surface area contributed by atoms with Gasteiger partial charge in [0, 0.05) is 31.5 Å². The summed E-state index contributed by atoms with van der Waals surface area (Å²) >= 11 is 0. The molecular formula is C17H32N2O2. The van der Waals surface area contributed by atoms with Crippen molar-refractivity contribution in [3.63, 3.8) is 0 Å². The van der Waals surface area contributed by atoms with E-state index in [2.05, 4.69) is 38.0 Å². The van der Waals surface area contributed by atoms with E-state index in [1.807, 2.05) is 0 Å². The van der Waals surface area contributed by atoms with Gasteiger partial charge in [0.15, 0.2) is 5.79 Å². The topological polar surface area (TPSA) is 33.7 Å². The first-order valence-corrected chi connectivity index (χ1v) is 8.63. The molecule has 0 radical (unpaired) electrons. The number of likely N-dealkylation sites (N-methyl/N-ethyl adjacent to an activating group) is 1. The monoisotopic (exact) mass is 296 g/mol. The number of rotatable bonds is 2. The molecule has 3 unspecified atom stereocenters. The Morgan fingerprint density at radius 2 is 1.86 bits per heavy atom. The summed E-state index contributed by atoms with van der Waals surface area (Å²) in [4.78, 5) is 2.70. The van der Waals surface area contributed by atoms with Crippen molar-refractivity contribution in [2.75, 3.05) is 33.4 Å². The summed E-state index contributed by atoms with van der Waals surface area (Å²) in [5, 5.41) is 3.54. The van der Waals surface area contributed by atoms with Crippen LogP contribution in [0.1, 0.15) is 46.5 Å². The molecule has 0 bridgehead atoms. The Bertz CT molecular complexity index is 360. The third-order valence-corrected chi connectivity index (χ3v) is 5.92. The summed E-state index contributed by atoms with van der Waals surface area (Å²) in [6.45, 7) is 11.1. The second kappa shape index (κ2) is 5.80.